The minimum absolute atomic E-state index is 0.0175. The number of primary sulfonamides is 1. The van der Waals surface area contributed by atoms with E-state index in [0.717, 1.165) is 0 Å². The van der Waals surface area contributed by atoms with Gasteiger partial charge in [-0.3, -0.25) is 9.59 Å². The molecule has 0 amide bonds. The molecule has 0 unspecified atom stereocenters. The Balaban J connectivity index is 2.47. The second kappa shape index (κ2) is 4.02. The molecule has 4 N–H and O–H groups in total. The molecule has 7 nitrogen and oxygen atoms in total. The van der Waals surface area contributed by atoms with Crippen molar-refractivity contribution >= 4 is 31.8 Å². The lowest BCUT2D eigenvalue weighted by Gasteiger charge is -2.05. The molecule has 3 aromatic rings. The summed E-state index contributed by atoms with van der Waals surface area (Å²) in [5.74, 6) is 0. The van der Waals surface area contributed by atoms with Gasteiger partial charge in [-0.05, 0) is 23.6 Å². The third kappa shape index (κ3) is 1.91. The van der Waals surface area contributed by atoms with Gasteiger partial charge in [-0.1, -0.05) is 12.1 Å². The normalized spacial score (nSPS) is 12.1. The third-order valence-electron chi connectivity index (χ3n) is 3.01. The fraction of sp³-hybridized carbons (Fsp3) is 0. The summed E-state index contributed by atoms with van der Waals surface area (Å²) >= 11 is 0. The van der Waals surface area contributed by atoms with E-state index in [1.54, 1.807) is 12.1 Å². The predicted octanol–water partition coefficient (Wildman–Crippen LogP) is 0.0170. The molecule has 1 aromatic heterocycles. The number of benzene rings is 2. The molecule has 8 heteroatoms. The van der Waals surface area contributed by atoms with Crippen LogP contribution < -0.4 is 16.3 Å². The van der Waals surface area contributed by atoms with Crippen molar-refractivity contribution in [3.8, 4) is 0 Å². The highest BCUT2D eigenvalue weighted by Gasteiger charge is 2.10. The molecule has 0 atom stereocenters. The Morgan fingerprint density at radius 2 is 1.65 bits per heavy atom. The average Bonchev–Trinajstić information content (AvgIpc) is 2.38. The van der Waals surface area contributed by atoms with Gasteiger partial charge in [0.05, 0.1) is 15.9 Å². The second-order valence-corrected chi connectivity index (χ2v) is 5.89. The van der Waals surface area contributed by atoms with Crippen molar-refractivity contribution in [1.82, 2.24) is 9.97 Å². The molecule has 0 aliphatic heterocycles. The zero-order chi connectivity index (χ0) is 14.5. The number of nitrogens with one attached hydrogen (secondary N) is 2. The van der Waals surface area contributed by atoms with Gasteiger partial charge < -0.3 is 9.97 Å². The van der Waals surface area contributed by atoms with Crippen LogP contribution in [0, 0.1) is 0 Å². The second-order valence-electron chi connectivity index (χ2n) is 4.32. The molecule has 0 aliphatic rings. The lowest BCUT2D eigenvalue weighted by atomic mass is 10.1. The molecular weight excluding hydrogens is 282 g/mol. The number of hydrogen-bond acceptors (Lipinski definition) is 4. The molecule has 0 fully saturated rings. The molecule has 20 heavy (non-hydrogen) atoms. The largest absolute Gasteiger partial charge is 0.316 e. The summed E-state index contributed by atoms with van der Waals surface area (Å²) in [4.78, 5) is 27.6. The Bertz CT molecular complexity index is 1060. The monoisotopic (exact) mass is 291 g/mol. The molecule has 0 aliphatic carbocycles. The van der Waals surface area contributed by atoms with E-state index < -0.39 is 21.1 Å². The first-order valence-corrected chi connectivity index (χ1v) is 7.13. The van der Waals surface area contributed by atoms with Gasteiger partial charge in [-0.15, -0.1) is 0 Å². The van der Waals surface area contributed by atoms with Crippen LogP contribution in [0.2, 0.25) is 0 Å². The number of aromatic nitrogens is 2. The fourth-order valence-corrected chi connectivity index (χ4v) is 2.62. The van der Waals surface area contributed by atoms with Crippen LogP contribution in [-0.4, -0.2) is 18.4 Å². The lowest BCUT2D eigenvalue weighted by molar-refractivity contribution is 0.598. The fourth-order valence-electron chi connectivity index (χ4n) is 2.07. The molecule has 0 spiro atoms. The number of aromatic amines is 2. The topological polar surface area (TPSA) is 126 Å². The van der Waals surface area contributed by atoms with Crippen molar-refractivity contribution in [2.75, 3.05) is 0 Å². The van der Waals surface area contributed by atoms with E-state index in [1.165, 1.54) is 18.2 Å². The van der Waals surface area contributed by atoms with E-state index >= 15 is 0 Å². The molecule has 3 rings (SSSR count). The molecule has 0 radical (unpaired) electrons. The number of rotatable bonds is 1. The highest BCUT2D eigenvalue weighted by atomic mass is 32.2. The first-order chi connectivity index (χ1) is 9.36. The van der Waals surface area contributed by atoms with Gasteiger partial charge in [0.2, 0.25) is 10.0 Å². The van der Waals surface area contributed by atoms with E-state index in [1.807, 2.05) is 0 Å². The van der Waals surface area contributed by atoms with Crippen LogP contribution in [0.4, 0.5) is 0 Å². The van der Waals surface area contributed by atoms with Crippen molar-refractivity contribution < 1.29 is 8.42 Å². The van der Waals surface area contributed by atoms with Gasteiger partial charge in [0, 0.05) is 5.39 Å². The van der Waals surface area contributed by atoms with Crippen LogP contribution in [-0.2, 0) is 10.0 Å². The SMILES string of the molecule is NS(=O)(=O)c1ccc2c(ccc3[nH]c(=O)c(=O)[nH]c32)c1. The Morgan fingerprint density at radius 3 is 2.35 bits per heavy atom. The summed E-state index contributed by atoms with van der Waals surface area (Å²) in [6.45, 7) is 0. The summed E-state index contributed by atoms with van der Waals surface area (Å²) in [6.07, 6.45) is 0. The van der Waals surface area contributed by atoms with Crippen LogP contribution >= 0.6 is 0 Å². The smallest absolute Gasteiger partial charge is 0.314 e. The van der Waals surface area contributed by atoms with Gasteiger partial charge in [-0.25, -0.2) is 13.6 Å². The summed E-state index contributed by atoms with van der Waals surface area (Å²) in [7, 11) is -3.79. The van der Waals surface area contributed by atoms with Crippen LogP contribution in [0.15, 0.2) is 44.8 Å². The maximum absolute atomic E-state index is 11.4. The number of fused-ring (bicyclic) bond motifs is 3. The minimum Gasteiger partial charge on any atom is -0.316 e. The average molecular weight is 291 g/mol. The number of sulfonamides is 1. The number of H-pyrrole nitrogens is 2. The van der Waals surface area contributed by atoms with E-state index in [2.05, 4.69) is 9.97 Å². The molecular formula is C12H9N3O4S. The summed E-state index contributed by atoms with van der Waals surface area (Å²) < 4.78 is 22.6. The molecule has 0 saturated heterocycles. The quantitative estimate of drug-likeness (QED) is 0.431. The zero-order valence-electron chi connectivity index (χ0n) is 10.0. The summed E-state index contributed by atoms with van der Waals surface area (Å²) in [5, 5.41) is 6.28. The first kappa shape index (κ1) is 12.6. The van der Waals surface area contributed by atoms with E-state index in [0.29, 0.717) is 21.8 Å². The lowest BCUT2D eigenvalue weighted by Crippen LogP contribution is -2.28. The number of hydrogen-bond donors (Lipinski definition) is 3. The highest BCUT2D eigenvalue weighted by Crippen LogP contribution is 2.23. The highest BCUT2D eigenvalue weighted by molar-refractivity contribution is 7.89. The Labute approximate surface area is 112 Å². The van der Waals surface area contributed by atoms with Gasteiger partial charge in [0.1, 0.15) is 0 Å². The van der Waals surface area contributed by atoms with Crippen molar-refractivity contribution in [3.05, 3.63) is 51.0 Å². The van der Waals surface area contributed by atoms with E-state index in [9.17, 15) is 18.0 Å². The Morgan fingerprint density at radius 1 is 0.950 bits per heavy atom. The Hall–Kier alpha value is -2.45. The molecule has 0 bridgehead atoms. The van der Waals surface area contributed by atoms with Crippen LogP contribution in [0.5, 0.6) is 0 Å². The van der Waals surface area contributed by atoms with Gasteiger partial charge >= 0.3 is 11.1 Å². The maximum Gasteiger partial charge on any atom is 0.314 e. The van der Waals surface area contributed by atoms with E-state index in [4.69, 9.17) is 5.14 Å². The van der Waals surface area contributed by atoms with Crippen molar-refractivity contribution in [1.29, 1.82) is 0 Å². The van der Waals surface area contributed by atoms with Crippen molar-refractivity contribution in [3.63, 3.8) is 0 Å². The number of nitrogens with two attached hydrogens (primary N) is 1. The van der Waals surface area contributed by atoms with Gasteiger partial charge in [0.25, 0.3) is 0 Å². The minimum atomic E-state index is -3.79. The maximum atomic E-state index is 11.4. The Kier molecular flexibility index (Phi) is 2.53. The van der Waals surface area contributed by atoms with Gasteiger partial charge in [0.15, 0.2) is 0 Å². The standard InChI is InChI=1S/C12H9N3O4S/c13-20(18,19)7-2-3-8-6(5-7)1-4-9-10(8)15-12(17)11(16)14-9/h1-5H,(H,14,16)(H,15,17)(H2,13,18,19). The molecule has 0 saturated carbocycles. The first-order valence-electron chi connectivity index (χ1n) is 5.58. The molecule has 102 valence electrons. The summed E-state index contributed by atoms with van der Waals surface area (Å²) in [5.41, 5.74) is -0.600. The van der Waals surface area contributed by atoms with Crippen molar-refractivity contribution in [2.45, 2.75) is 4.90 Å². The van der Waals surface area contributed by atoms with Crippen LogP contribution in [0.25, 0.3) is 21.8 Å². The molecule has 2 aromatic carbocycles. The predicted molar refractivity (Wildman–Crippen MR) is 74.1 cm³/mol. The van der Waals surface area contributed by atoms with Crippen molar-refractivity contribution in [2.24, 2.45) is 5.14 Å². The zero-order valence-corrected chi connectivity index (χ0v) is 10.8. The van der Waals surface area contributed by atoms with Crippen LogP contribution in [0.1, 0.15) is 0 Å². The van der Waals surface area contributed by atoms with E-state index in [-0.39, 0.29) is 4.90 Å². The molecule has 1 heterocycles. The summed E-state index contributed by atoms with van der Waals surface area (Å²) in [6, 6.07) is 7.52. The third-order valence-corrected chi connectivity index (χ3v) is 3.92. The van der Waals surface area contributed by atoms with Crippen LogP contribution in [0.3, 0.4) is 0 Å². The van der Waals surface area contributed by atoms with Gasteiger partial charge in [-0.2, -0.15) is 0 Å².